The van der Waals surface area contributed by atoms with Gasteiger partial charge in [0, 0.05) is 29.6 Å². The lowest BCUT2D eigenvalue weighted by Gasteiger charge is -2.10. The zero-order chi connectivity index (χ0) is 16.6. The monoisotopic (exact) mass is 349 g/mol. The molecule has 0 aliphatic heterocycles. The Kier molecular flexibility index (Phi) is 4.20. The maximum atomic E-state index is 11.7. The van der Waals surface area contributed by atoms with Crippen molar-refractivity contribution < 1.29 is 14.6 Å². The van der Waals surface area contributed by atoms with Crippen molar-refractivity contribution in [2.75, 3.05) is 6.61 Å². The largest absolute Gasteiger partial charge is 0.492 e. The Morgan fingerprint density at radius 1 is 1.22 bits per heavy atom. The molecule has 118 valence electrons. The van der Waals surface area contributed by atoms with E-state index in [1.54, 1.807) is 41.1 Å². The van der Waals surface area contributed by atoms with Crippen LogP contribution in [0.3, 0.4) is 0 Å². The molecule has 1 N–H and O–H groups in total. The van der Waals surface area contributed by atoms with Gasteiger partial charge in [-0.3, -0.25) is 0 Å². The van der Waals surface area contributed by atoms with Gasteiger partial charge >= 0.3 is 5.97 Å². The van der Waals surface area contributed by atoms with Crippen LogP contribution in [0.25, 0.3) is 16.6 Å². The third-order valence-corrected chi connectivity index (χ3v) is 4.12. The summed E-state index contributed by atoms with van der Waals surface area (Å²) in [5.74, 6) is -0.543. The van der Waals surface area contributed by atoms with Gasteiger partial charge in [0.25, 0.3) is 0 Å². The van der Waals surface area contributed by atoms with Crippen molar-refractivity contribution in [2.45, 2.75) is 6.92 Å². The van der Waals surface area contributed by atoms with Gasteiger partial charge in [-0.2, -0.15) is 0 Å². The van der Waals surface area contributed by atoms with Gasteiger partial charge in [0.05, 0.1) is 27.7 Å². The molecular weight excluding hydrogens is 337 g/mol. The number of carboxylic acid groups (broad SMARTS) is 1. The van der Waals surface area contributed by atoms with Crippen molar-refractivity contribution in [3.8, 4) is 16.9 Å². The summed E-state index contributed by atoms with van der Waals surface area (Å²) in [6.07, 6.45) is 3.52. The minimum atomic E-state index is -1.02. The van der Waals surface area contributed by atoms with Crippen LogP contribution in [0.15, 0.2) is 42.7 Å². The highest BCUT2D eigenvalue weighted by Crippen LogP contribution is 2.39. The predicted octanol–water partition coefficient (Wildman–Crippen LogP) is 5.01. The summed E-state index contributed by atoms with van der Waals surface area (Å²) in [6, 6.07) is 8.61. The number of hydrogen-bond acceptors (Lipinski definition) is 2. The minimum absolute atomic E-state index is 0.188. The Morgan fingerprint density at radius 2 is 2.00 bits per heavy atom. The fourth-order valence-corrected chi connectivity index (χ4v) is 3.03. The second-order valence-corrected chi connectivity index (χ2v) is 5.73. The van der Waals surface area contributed by atoms with Crippen molar-refractivity contribution in [2.24, 2.45) is 0 Å². The molecule has 4 nitrogen and oxygen atoms in total. The fraction of sp³-hybridized carbons (Fsp3) is 0.118. The molecule has 2 heterocycles. The van der Waals surface area contributed by atoms with Gasteiger partial charge in [0.2, 0.25) is 0 Å². The molecule has 6 heteroatoms. The highest BCUT2D eigenvalue weighted by Gasteiger charge is 2.21. The number of ether oxygens (including phenoxy) is 1. The molecular formula is C17H13Cl2NO3. The number of halogens is 2. The van der Waals surface area contributed by atoms with Crippen LogP contribution in [0, 0.1) is 0 Å². The molecule has 0 aliphatic carbocycles. The summed E-state index contributed by atoms with van der Waals surface area (Å²) in [5, 5.41) is 10.4. The molecule has 0 radical (unpaired) electrons. The maximum Gasteiger partial charge on any atom is 0.338 e. The number of benzene rings is 1. The third-order valence-electron chi connectivity index (χ3n) is 3.51. The number of carboxylic acids is 1. The van der Waals surface area contributed by atoms with E-state index >= 15 is 0 Å². The second-order valence-electron chi connectivity index (χ2n) is 4.91. The topological polar surface area (TPSA) is 50.9 Å². The lowest BCUT2D eigenvalue weighted by Crippen LogP contribution is -1.98. The minimum Gasteiger partial charge on any atom is -0.492 e. The van der Waals surface area contributed by atoms with Crippen molar-refractivity contribution in [1.29, 1.82) is 0 Å². The summed E-state index contributed by atoms with van der Waals surface area (Å²) in [6.45, 7) is 2.31. The standard InChI is InChI=1S/C17H13Cl2NO3/c1-2-23-15-8-12(18)10(7-13(15)19)11-9-20-6-4-3-5-14(20)16(11)17(21)22/h3-9H,2H2,1H3,(H,21,22). The van der Waals surface area contributed by atoms with Gasteiger partial charge in [-0.25, -0.2) is 4.79 Å². The van der Waals surface area contributed by atoms with Crippen LogP contribution in [0.1, 0.15) is 17.3 Å². The number of nitrogens with zero attached hydrogens (tertiary/aromatic N) is 1. The molecule has 3 aromatic rings. The lowest BCUT2D eigenvalue weighted by atomic mass is 10.0. The zero-order valence-electron chi connectivity index (χ0n) is 12.2. The number of hydrogen-bond donors (Lipinski definition) is 1. The molecule has 0 spiro atoms. The van der Waals surface area contributed by atoms with Gasteiger partial charge in [0.1, 0.15) is 5.75 Å². The van der Waals surface area contributed by atoms with E-state index in [9.17, 15) is 9.90 Å². The van der Waals surface area contributed by atoms with Gasteiger partial charge in [-0.05, 0) is 25.1 Å². The molecule has 0 saturated carbocycles. The van der Waals surface area contributed by atoms with E-state index in [0.29, 0.717) is 39.0 Å². The van der Waals surface area contributed by atoms with Crippen LogP contribution in [-0.4, -0.2) is 22.1 Å². The Bertz CT molecular complexity index is 902. The van der Waals surface area contributed by atoms with E-state index < -0.39 is 5.97 Å². The van der Waals surface area contributed by atoms with E-state index in [1.807, 2.05) is 13.0 Å². The average molecular weight is 350 g/mol. The molecule has 1 aromatic carbocycles. The second kappa shape index (κ2) is 6.14. The molecule has 0 aliphatic rings. The first kappa shape index (κ1) is 15.7. The Balaban J connectivity index is 2.26. The molecule has 23 heavy (non-hydrogen) atoms. The van der Waals surface area contributed by atoms with Crippen LogP contribution < -0.4 is 4.74 Å². The van der Waals surface area contributed by atoms with Crippen LogP contribution in [0.4, 0.5) is 0 Å². The Hall–Kier alpha value is -2.17. The SMILES string of the molecule is CCOc1cc(Cl)c(-c2cn3ccccc3c2C(=O)O)cc1Cl. The number of aromatic nitrogens is 1. The average Bonchev–Trinajstić information content (AvgIpc) is 2.90. The normalized spacial score (nSPS) is 10.9. The van der Waals surface area contributed by atoms with Crippen LogP contribution in [-0.2, 0) is 0 Å². The van der Waals surface area contributed by atoms with Gasteiger partial charge < -0.3 is 14.2 Å². The number of aromatic carboxylic acids is 1. The Labute approximate surface area is 142 Å². The molecule has 0 atom stereocenters. The molecule has 0 fully saturated rings. The fourth-order valence-electron chi connectivity index (χ4n) is 2.55. The van der Waals surface area contributed by atoms with Crippen molar-refractivity contribution in [3.63, 3.8) is 0 Å². The van der Waals surface area contributed by atoms with Crippen molar-refractivity contribution >= 4 is 34.7 Å². The first-order chi connectivity index (χ1) is 11.0. The molecule has 2 aromatic heterocycles. The molecule has 0 bridgehead atoms. The number of pyridine rings is 1. The zero-order valence-corrected chi connectivity index (χ0v) is 13.7. The van der Waals surface area contributed by atoms with Gasteiger partial charge in [-0.1, -0.05) is 29.3 Å². The summed E-state index contributed by atoms with van der Waals surface area (Å²) < 4.78 is 7.16. The van der Waals surface area contributed by atoms with E-state index in [1.165, 1.54) is 0 Å². The maximum absolute atomic E-state index is 11.7. The van der Waals surface area contributed by atoms with E-state index in [4.69, 9.17) is 27.9 Å². The molecule has 3 rings (SSSR count). The quantitative estimate of drug-likeness (QED) is 0.720. The van der Waals surface area contributed by atoms with E-state index in [0.717, 1.165) is 0 Å². The molecule has 0 saturated heterocycles. The smallest absolute Gasteiger partial charge is 0.338 e. The highest BCUT2D eigenvalue weighted by molar-refractivity contribution is 6.36. The molecule has 0 unspecified atom stereocenters. The number of fused-ring (bicyclic) bond motifs is 1. The van der Waals surface area contributed by atoms with Crippen LogP contribution >= 0.6 is 23.2 Å². The summed E-state index contributed by atoms with van der Waals surface area (Å²) >= 11 is 12.6. The number of rotatable bonds is 4. The summed E-state index contributed by atoms with van der Waals surface area (Å²) in [7, 11) is 0. The first-order valence-electron chi connectivity index (χ1n) is 6.98. The summed E-state index contributed by atoms with van der Waals surface area (Å²) in [4.78, 5) is 11.7. The van der Waals surface area contributed by atoms with Gasteiger partial charge in [0.15, 0.2) is 0 Å². The first-order valence-corrected chi connectivity index (χ1v) is 7.73. The van der Waals surface area contributed by atoms with Crippen molar-refractivity contribution in [3.05, 3.63) is 58.3 Å². The van der Waals surface area contributed by atoms with Crippen LogP contribution in [0.2, 0.25) is 10.0 Å². The van der Waals surface area contributed by atoms with Gasteiger partial charge in [-0.15, -0.1) is 0 Å². The van der Waals surface area contributed by atoms with E-state index in [-0.39, 0.29) is 5.56 Å². The third kappa shape index (κ3) is 2.76. The van der Waals surface area contributed by atoms with Crippen molar-refractivity contribution in [1.82, 2.24) is 4.40 Å². The Morgan fingerprint density at radius 3 is 2.70 bits per heavy atom. The predicted molar refractivity (Wildman–Crippen MR) is 91.0 cm³/mol. The van der Waals surface area contributed by atoms with Crippen LogP contribution in [0.5, 0.6) is 5.75 Å². The number of carbonyl (C=O) groups is 1. The summed E-state index contributed by atoms with van der Waals surface area (Å²) in [5.41, 5.74) is 1.85. The lowest BCUT2D eigenvalue weighted by molar-refractivity contribution is 0.0700. The highest BCUT2D eigenvalue weighted by atomic mass is 35.5. The molecule has 0 amide bonds. The van der Waals surface area contributed by atoms with E-state index in [2.05, 4.69) is 0 Å².